The molecule has 6 heteroatoms. The molecule has 0 aliphatic heterocycles. The van der Waals surface area contributed by atoms with Gasteiger partial charge in [-0.25, -0.2) is 0 Å². The lowest BCUT2D eigenvalue weighted by Gasteiger charge is -2.06. The fourth-order valence-electron chi connectivity index (χ4n) is 1.23. The molecule has 0 fully saturated rings. The SMILES string of the molecule is O=C(O)CCCNC(=O)c1cc(I)ccc1O. The number of aliphatic carboxylic acids is 1. The Hall–Kier alpha value is -1.31. The maximum absolute atomic E-state index is 11.6. The van der Waals surface area contributed by atoms with Crippen molar-refractivity contribution in [2.45, 2.75) is 12.8 Å². The molecule has 92 valence electrons. The quantitative estimate of drug-likeness (QED) is 0.557. The Morgan fingerprint density at radius 3 is 2.71 bits per heavy atom. The Morgan fingerprint density at radius 1 is 1.35 bits per heavy atom. The first-order valence-electron chi connectivity index (χ1n) is 4.99. The molecule has 0 aromatic heterocycles. The van der Waals surface area contributed by atoms with Crippen LogP contribution < -0.4 is 5.32 Å². The van der Waals surface area contributed by atoms with E-state index in [1.807, 2.05) is 22.6 Å². The molecule has 0 unspecified atom stereocenters. The summed E-state index contributed by atoms with van der Waals surface area (Å²) in [6, 6.07) is 4.72. The van der Waals surface area contributed by atoms with Crippen LogP contribution in [0.5, 0.6) is 5.75 Å². The van der Waals surface area contributed by atoms with Gasteiger partial charge in [0.15, 0.2) is 0 Å². The highest BCUT2D eigenvalue weighted by atomic mass is 127. The van der Waals surface area contributed by atoms with Gasteiger partial charge in [0.25, 0.3) is 5.91 Å². The average Bonchev–Trinajstić information content (AvgIpc) is 2.27. The second kappa shape index (κ2) is 6.43. The molecule has 17 heavy (non-hydrogen) atoms. The van der Waals surface area contributed by atoms with Gasteiger partial charge in [0, 0.05) is 16.5 Å². The summed E-state index contributed by atoms with van der Waals surface area (Å²) in [5, 5.41) is 20.5. The third kappa shape index (κ3) is 4.59. The van der Waals surface area contributed by atoms with Gasteiger partial charge in [-0.2, -0.15) is 0 Å². The van der Waals surface area contributed by atoms with Gasteiger partial charge in [-0.1, -0.05) is 0 Å². The number of benzene rings is 1. The van der Waals surface area contributed by atoms with E-state index in [9.17, 15) is 14.7 Å². The molecule has 1 aromatic rings. The summed E-state index contributed by atoms with van der Waals surface area (Å²) >= 11 is 2.04. The zero-order chi connectivity index (χ0) is 12.8. The molecule has 0 atom stereocenters. The molecule has 1 rings (SSSR count). The number of hydrogen-bond acceptors (Lipinski definition) is 3. The lowest BCUT2D eigenvalue weighted by molar-refractivity contribution is -0.137. The van der Waals surface area contributed by atoms with Gasteiger partial charge in [-0.15, -0.1) is 0 Å². The molecule has 3 N–H and O–H groups in total. The van der Waals surface area contributed by atoms with Gasteiger partial charge >= 0.3 is 5.97 Å². The molecule has 0 saturated carbocycles. The van der Waals surface area contributed by atoms with Crippen LogP contribution in [0.25, 0.3) is 0 Å². The summed E-state index contributed by atoms with van der Waals surface area (Å²) in [6.07, 6.45) is 0.379. The van der Waals surface area contributed by atoms with Gasteiger partial charge < -0.3 is 15.5 Å². The first kappa shape index (κ1) is 13.8. The van der Waals surface area contributed by atoms with Crippen LogP contribution in [0, 0.1) is 3.57 Å². The largest absolute Gasteiger partial charge is 0.507 e. The Morgan fingerprint density at radius 2 is 2.06 bits per heavy atom. The Labute approximate surface area is 112 Å². The van der Waals surface area contributed by atoms with E-state index in [0.717, 1.165) is 3.57 Å². The first-order chi connectivity index (χ1) is 8.00. The fourth-order valence-corrected chi connectivity index (χ4v) is 1.72. The number of phenolic OH excluding ortho intramolecular Hbond substituents is 1. The molecule has 0 spiro atoms. The smallest absolute Gasteiger partial charge is 0.303 e. The van der Waals surface area contributed by atoms with Crippen molar-refractivity contribution in [3.63, 3.8) is 0 Å². The molecular formula is C11H12INO4. The van der Waals surface area contributed by atoms with E-state index >= 15 is 0 Å². The zero-order valence-corrected chi connectivity index (χ0v) is 11.1. The highest BCUT2D eigenvalue weighted by Gasteiger charge is 2.10. The number of carbonyl (C=O) groups is 2. The number of rotatable bonds is 5. The summed E-state index contributed by atoms with van der Waals surface area (Å²) < 4.78 is 0.844. The third-order valence-corrected chi connectivity index (χ3v) is 2.73. The number of hydrogen-bond donors (Lipinski definition) is 3. The first-order valence-corrected chi connectivity index (χ1v) is 6.07. The second-order valence-corrected chi connectivity index (χ2v) is 4.66. The maximum atomic E-state index is 11.6. The van der Waals surface area contributed by atoms with E-state index in [-0.39, 0.29) is 24.3 Å². The molecule has 0 radical (unpaired) electrons. The third-order valence-electron chi connectivity index (χ3n) is 2.06. The van der Waals surface area contributed by atoms with Crippen LogP contribution in [0.15, 0.2) is 18.2 Å². The number of carboxylic acids is 1. The predicted molar refractivity (Wildman–Crippen MR) is 70.0 cm³/mol. The van der Waals surface area contributed by atoms with Gasteiger partial charge in [0.2, 0.25) is 0 Å². The fraction of sp³-hybridized carbons (Fsp3) is 0.273. The molecule has 0 heterocycles. The Balaban J connectivity index is 2.52. The number of amides is 1. The number of carboxylic acid groups (broad SMARTS) is 1. The van der Waals surface area contributed by atoms with Crippen LogP contribution in [0.3, 0.4) is 0 Å². The van der Waals surface area contributed by atoms with Gasteiger partial charge in [-0.05, 0) is 47.2 Å². The number of phenols is 1. The average molecular weight is 349 g/mol. The van der Waals surface area contributed by atoms with Gasteiger partial charge in [0.1, 0.15) is 5.75 Å². The summed E-state index contributed by atoms with van der Waals surface area (Å²) in [5.74, 6) is -1.37. The number of nitrogens with one attached hydrogen (secondary N) is 1. The molecule has 5 nitrogen and oxygen atoms in total. The van der Waals surface area contributed by atoms with Crippen molar-refractivity contribution < 1.29 is 19.8 Å². The van der Waals surface area contributed by atoms with Crippen LogP contribution in [-0.2, 0) is 4.79 Å². The van der Waals surface area contributed by atoms with Crippen molar-refractivity contribution >= 4 is 34.5 Å². The van der Waals surface area contributed by atoms with Crippen LogP contribution in [0.1, 0.15) is 23.2 Å². The van der Waals surface area contributed by atoms with E-state index in [1.165, 1.54) is 6.07 Å². The summed E-state index contributed by atoms with van der Waals surface area (Å²) in [5.41, 5.74) is 0.201. The van der Waals surface area contributed by atoms with Crippen LogP contribution >= 0.6 is 22.6 Å². The maximum Gasteiger partial charge on any atom is 0.303 e. The van der Waals surface area contributed by atoms with Crippen molar-refractivity contribution in [2.24, 2.45) is 0 Å². The summed E-state index contributed by atoms with van der Waals surface area (Å²) in [7, 11) is 0. The number of aromatic hydroxyl groups is 1. The van der Waals surface area contributed by atoms with E-state index in [1.54, 1.807) is 12.1 Å². The normalized spacial score (nSPS) is 9.94. The summed E-state index contributed by atoms with van der Waals surface area (Å²) in [6.45, 7) is 0.274. The van der Waals surface area contributed by atoms with Crippen molar-refractivity contribution in [1.82, 2.24) is 5.32 Å². The number of halogens is 1. The van der Waals surface area contributed by atoms with Crippen molar-refractivity contribution in [3.05, 3.63) is 27.3 Å². The van der Waals surface area contributed by atoms with Crippen LogP contribution in [0.4, 0.5) is 0 Å². The molecule has 0 aliphatic carbocycles. The predicted octanol–water partition coefficient (Wildman–Crippen LogP) is 1.59. The van der Waals surface area contributed by atoms with E-state index in [4.69, 9.17) is 5.11 Å². The van der Waals surface area contributed by atoms with Crippen molar-refractivity contribution in [1.29, 1.82) is 0 Å². The molecular weight excluding hydrogens is 337 g/mol. The molecule has 0 aliphatic rings. The lowest BCUT2D eigenvalue weighted by Crippen LogP contribution is -2.25. The van der Waals surface area contributed by atoms with E-state index < -0.39 is 11.9 Å². The standard InChI is InChI=1S/C11H12INO4/c12-7-3-4-9(14)8(6-7)11(17)13-5-1-2-10(15)16/h3-4,6,14H,1-2,5H2,(H,13,17)(H,15,16). The zero-order valence-electron chi connectivity index (χ0n) is 8.94. The topological polar surface area (TPSA) is 86.6 Å². The minimum absolute atomic E-state index is 0.0125. The molecule has 1 aromatic carbocycles. The highest BCUT2D eigenvalue weighted by molar-refractivity contribution is 14.1. The monoisotopic (exact) mass is 349 g/mol. The molecule has 0 bridgehead atoms. The van der Waals surface area contributed by atoms with Crippen LogP contribution in [-0.4, -0.2) is 28.6 Å². The lowest BCUT2D eigenvalue weighted by atomic mass is 10.2. The van der Waals surface area contributed by atoms with Gasteiger partial charge in [0.05, 0.1) is 5.56 Å². The molecule has 1 amide bonds. The Bertz CT molecular complexity index is 433. The minimum Gasteiger partial charge on any atom is -0.507 e. The highest BCUT2D eigenvalue weighted by Crippen LogP contribution is 2.19. The van der Waals surface area contributed by atoms with E-state index in [2.05, 4.69) is 5.32 Å². The van der Waals surface area contributed by atoms with Gasteiger partial charge in [-0.3, -0.25) is 9.59 Å². The van der Waals surface area contributed by atoms with E-state index in [0.29, 0.717) is 6.42 Å². The summed E-state index contributed by atoms with van der Waals surface area (Å²) in [4.78, 5) is 21.9. The number of carbonyl (C=O) groups excluding carboxylic acids is 1. The Kier molecular flexibility index (Phi) is 5.20. The minimum atomic E-state index is -0.892. The second-order valence-electron chi connectivity index (χ2n) is 3.41. The van der Waals surface area contributed by atoms with Crippen molar-refractivity contribution in [2.75, 3.05) is 6.54 Å². The van der Waals surface area contributed by atoms with Crippen molar-refractivity contribution in [3.8, 4) is 5.75 Å². The van der Waals surface area contributed by atoms with Crippen LogP contribution in [0.2, 0.25) is 0 Å². The molecule has 0 saturated heterocycles.